The molecule has 0 saturated heterocycles. The zero-order valence-electron chi connectivity index (χ0n) is 12.6. The van der Waals surface area contributed by atoms with E-state index in [-0.39, 0.29) is 18.1 Å². The van der Waals surface area contributed by atoms with Gasteiger partial charge in [0.15, 0.2) is 0 Å². The molecule has 0 spiro atoms. The minimum atomic E-state index is -0.984. The van der Waals surface area contributed by atoms with Crippen molar-refractivity contribution in [3.63, 3.8) is 0 Å². The van der Waals surface area contributed by atoms with Crippen LogP contribution in [-0.2, 0) is 4.79 Å². The van der Waals surface area contributed by atoms with E-state index in [4.69, 9.17) is 0 Å². The van der Waals surface area contributed by atoms with Crippen LogP contribution in [0.3, 0.4) is 0 Å². The van der Waals surface area contributed by atoms with Crippen molar-refractivity contribution in [2.24, 2.45) is 0 Å². The Balaban J connectivity index is 3.14. The highest BCUT2D eigenvalue weighted by Crippen LogP contribution is 2.26. The van der Waals surface area contributed by atoms with Gasteiger partial charge in [0.05, 0.1) is 11.6 Å². The SMILES string of the molecule is C=CCC1=C(C(=O)O)C(CCCCC)NC(=O)N1CC=C. The molecular weight excluding hydrogens is 268 g/mol. The number of carboxylic acids is 1. The topological polar surface area (TPSA) is 69.6 Å². The second-order valence-electron chi connectivity index (χ2n) is 5.06. The van der Waals surface area contributed by atoms with Crippen LogP contribution in [0.5, 0.6) is 0 Å². The van der Waals surface area contributed by atoms with Gasteiger partial charge in [-0.1, -0.05) is 38.3 Å². The first-order chi connectivity index (χ1) is 10.1. The lowest BCUT2D eigenvalue weighted by Gasteiger charge is -2.35. The maximum absolute atomic E-state index is 12.2. The average Bonchev–Trinajstić information content (AvgIpc) is 2.43. The molecule has 0 aromatic heterocycles. The van der Waals surface area contributed by atoms with Crippen LogP contribution in [0, 0.1) is 0 Å². The van der Waals surface area contributed by atoms with Gasteiger partial charge in [-0.2, -0.15) is 0 Å². The number of amides is 2. The lowest BCUT2D eigenvalue weighted by Crippen LogP contribution is -2.52. The van der Waals surface area contributed by atoms with Crippen LogP contribution in [-0.4, -0.2) is 34.6 Å². The molecular formula is C16H24N2O3. The highest BCUT2D eigenvalue weighted by atomic mass is 16.4. The highest BCUT2D eigenvalue weighted by Gasteiger charge is 2.34. The first-order valence-electron chi connectivity index (χ1n) is 7.32. The maximum Gasteiger partial charge on any atom is 0.335 e. The Morgan fingerprint density at radius 2 is 2.10 bits per heavy atom. The first kappa shape index (κ1) is 17.0. The van der Waals surface area contributed by atoms with E-state index in [2.05, 4.69) is 25.4 Å². The molecule has 0 aromatic carbocycles. The monoisotopic (exact) mass is 292 g/mol. The molecule has 5 nitrogen and oxygen atoms in total. The summed E-state index contributed by atoms with van der Waals surface area (Å²) < 4.78 is 0. The van der Waals surface area contributed by atoms with Gasteiger partial charge in [0.25, 0.3) is 0 Å². The van der Waals surface area contributed by atoms with Gasteiger partial charge in [-0.15, -0.1) is 13.2 Å². The van der Waals surface area contributed by atoms with Crippen LogP contribution in [0.2, 0.25) is 0 Å². The summed E-state index contributed by atoms with van der Waals surface area (Å²) in [6.07, 6.45) is 7.16. The summed E-state index contributed by atoms with van der Waals surface area (Å²) in [7, 11) is 0. The van der Waals surface area contributed by atoms with Crippen molar-refractivity contribution in [1.82, 2.24) is 10.2 Å². The smallest absolute Gasteiger partial charge is 0.335 e. The number of carbonyl (C=O) groups excluding carboxylic acids is 1. The van der Waals surface area contributed by atoms with Gasteiger partial charge >= 0.3 is 12.0 Å². The summed E-state index contributed by atoms with van der Waals surface area (Å²) in [6, 6.07) is -0.698. The second kappa shape index (κ2) is 8.29. The Morgan fingerprint density at radius 3 is 2.62 bits per heavy atom. The normalized spacial score (nSPS) is 18.4. The summed E-state index contributed by atoms with van der Waals surface area (Å²) in [5.74, 6) is -0.984. The van der Waals surface area contributed by atoms with Gasteiger partial charge in [0, 0.05) is 18.7 Å². The predicted octanol–water partition coefficient (Wildman–Crippen LogP) is 3.06. The van der Waals surface area contributed by atoms with Gasteiger partial charge in [-0.3, -0.25) is 4.90 Å². The first-order valence-corrected chi connectivity index (χ1v) is 7.32. The summed E-state index contributed by atoms with van der Waals surface area (Å²) in [5, 5.41) is 12.3. The summed E-state index contributed by atoms with van der Waals surface area (Å²) in [4.78, 5) is 25.3. The third-order valence-corrected chi connectivity index (χ3v) is 3.50. The van der Waals surface area contributed by atoms with Gasteiger partial charge in [0.2, 0.25) is 0 Å². The van der Waals surface area contributed by atoms with Crippen molar-refractivity contribution in [3.8, 4) is 0 Å². The quantitative estimate of drug-likeness (QED) is 0.507. The van der Waals surface area contributed by atoms with Crippen molar-refractivity contribution in [2.45, 2.75) is 45.1 Å². The zero-order valence-corrected chi connectivity index (χ0v) is 12.6. The number of carbonyl (C=O) groups is 2. The second-order valence-corrected chi connectivity index (χ2v) is 5.06. The Hall–Kier alpha value is -2.04. The van der Waals surface area contributed by atoms with Crippen LogP contribution in [0.15, 0.2) is 36.6 Å². The summed E-state index contributed by atoms with van der Waals surface area (Å²) in [5.41, 5.74) is 0.787. The Labute approximate surface area is 126 Å². The molecule has 1 rings (SSSR count). The molecule has 21 heavy (non-hydrogen) atoms. The number of carboxylic acid groups (broad SMARTS) is 1. The van der Waals surface area contributed by atoms with E-state index in [0.717, 1.165) is 19.3 Å². The fraction of sp³-hybridized carbons (Fsp3) is 0.500. The number of urea groups is 1. The highest BCUT2D eigenvalue weighted by molar-refractivity contribution is 5.93. The van der Waals surface area contributed by atoms with Crippen LogP contribution in [0.25, 0.3) is 0 Å². The Morgan fingerprint density at radius 1 is 1.38 bits per heavy atom. The molecule has 0 saturated carbocycles. The molecule has 0 aromatic rings. The fourth-order valence-electron chi connectivity index (χ4n) is 2.53. The molecule has 1 aliphatic heterocycles. The van der Waals surface area contributed by atoms with E-state index in [1.807, 2.05) is 0 Å². The lowest BCUT2D eigenvalue weighted by atomic mass is 9.95. The van der Waals surface area contributed by atoms with E-state index in [1.165, 1.54) is 4.90 Å². The number of aliphatic carboxylic acids is 1. The Kier molecular flexibility index (Phi) is 6.72. The van der Waals surface area contributed by atoms with E-state index in [9.17, 15) is 14.7 Å². The number of hydrogen-bond donors (Lipinski definition) is 2. The molecule has 1 heterocycles. The molecule has 2 N–H and O–H groups in total. The van der Waals surface area contributed by atoms with Crippen LogP contribution >= 0.6 is 0 Å². The van der Waals surface area contributed by atoms with Crippen molar-refractivity contribution in [2.75, 3.05) is 6.54 Å². The number of nitrogens with one attached hydrogen (secondary N) is 1. The van der Waals surface area contributed by atoms with Crippen molar-refractivity contribution >= 4 is 12.0 Å². The van der Waals surface area contributed by atoms with E-state index < -0.39 is 12.0 Å². The molecule has 116 valence electrons. The number of hydrogen-bond acceptors (Lipinski definition) is 2. The van der Waals surface area contributed by atoms with Gasteiger partial charge in [0.1, 0.15) is 0 Å². The number of nitrogens with zero attached hydrogens (tertiary/aromatic N) is 1. The maximum atomic E-state index is 12.2. The van der Waals surface area contributed by atoms with E-state index >= 15 is 0 Å². The molecule has 1 atom stereocenters. The molecule has 1 aliphatic rings. The number of allylic oxidation sites excluding steroid dienone is 1. The standard InChI is InChI=1S/C16H24N2O3/c1-4-7-8-10-12-14(15(19)20)13(9-5-2)18(11-6-3)16(21)17-12/h5-6,12H,2-4,7-11H2,1H3,(H,17,21)(H,19,20). The van der Waals surface area contributed by atoms with E-state index in [1.54, 1.807) is 12.2 Å². The zero-order chi connectivity index (χ0) is 15.8. The van der Waals surface area contributed by atoms with Crippen LogP contribution < -0.4 is 5.32 Å². The molecule has 0 bridgehead atoms. The minimum absolute atomic E-state index is 0.266. The molecule has 0 radical (unpaired) electrons. The molecule has 1 unspecified atom stereocenters. The van der Waals surface area contributed by atoms with Crippen molar-refractivity contribution in [1.29, 1.82) is 0 Å². The third kappa shape index (κ3) is 4.21. The minimum Gasteiger partial charge on any atom is -0.478 e. The molecule has 0 fully saturated rings. The predicted molar refractivity (Wildman–Crippen MR) is 82.8 cm³/mol. The summed E-state index contributed by atoms with van der Waals surface area (Å²) >= 11 is 0. The molecule has 2 amide bonds. The molecule has 5 heteroatoms. The van der Waals surface area contributed by atoms with Gasteiger partial charge < -0.3 is 10.4 Å². The van der Waals surface area contributed by atoms with Gasteiger partial charge in [-0.05, 0) is 6.42 Å². The van der Waals surface area contributed by atoms with Crippen molar-refractivity contribution in [3.05, 3.63) is 36.6 Å². The van der Waals surface area contributed by atoms with Crippen LogP contribution in [0.4, 0.5) is 4.79 Å². The largest absolute Gasteiger partial charge is 0.478 e. The Bertz CT molecular complexity index is 454. The van der Waals surface area contributed by atoms with Gasteiger partial charge in [-0.25, -0.2) is 9.59 Å². The lowest BCUT2D eigenvalue weighted by molar-refractivity contribution is -0.133. The van der Waals surface area contributed by atoms with Crippen molar-refractivity contribution < 1.29 is 14.7 Å². The average molecular weight is 292 g/mol. The summed E-state index contributed by atoms with van der Waals surface area (Å²) in [6.45, 7) is 9.64. The number of unbranched alkanes of at least 4 members (excludes halogenated alkanes) is 2. The third-order valence-electron chi connectivity index (χ3n) is 3.50. The molecule has 0 aliphatic carbocycles. The number of rotatable bonds is 9. The van der Waals surface area contributed by atoms with E-state index in [0.29, 0.717) is 18.5 Å². The fourth-order valence-corrected chi connectivity index (χ4v) is 2.53. The van der Waals surface area contributed by atoms with Crippen LogP contribution in [0.1, 0.15) is 39.0 Å².